The summed E-state index contributed by atoms with van der Waals surface area (Å²) in [6.45, 7) is 4.91. The minimum Gasteiger partial charge on any atom is -0.493 e. The van der Waals surface area contributed by atoms with E-state index in [4.69, 9.17) is 9.47 Å². The van der Waals surface area contributed by atoms with Gasteiger partial charge in [-0.05, 0) is 23.8 Å². The van der Waals surface area contributed by atoms with E-state index in [9.17, 15) is 4.79 Å². The van der Waals surface area contributed by atoms with E-state index in [0.717, 1.165) is 29.4 Å². The Morgan fingerprint density at radius 2 is 2.19 bits per heavy atom. The molecule has 1 amide bonds. The fraction of sp³-hybridized carbons (Fsp3) is 0.333. The molecule has 6 nitrogen and oxygen atoms in total. The number of nitrogens with one attached hydrogen (secondary N) is 1. The monoisotopic (exact) mass is 365 g/mol. The van der Waals surface area contributed by atoms with Crippen LogP contribution >= 0.6 is 0 Å². The number of aromatic nitrogens is 2. The van der Waals surface area contributed by atoms with Crippen molar-refractivity contribution in [3.63, 3.8) is 0 Å². The average molecular weight is 365 g/mol. The molecule has 1 aliphatic heterocycles. The Bertz CT molecular complexity index is 964. The van der Waals surface area contributed by atoms with Crippen molar-refractivity contribution >= 4 is 16.7 Å². The highest BCUT2D eigenvalue weighted by Gasteiger charge is 2.18. The maximum Gasteiger partial charge on any atom is 0.255 e. The first-order chi connectivity index (χ1) is 13.3. The van der Waals surface area contributed by atoms with Gasteiger partial charge in [0.1, 0.15) is 5.75 Å². The van der Waals surface area contributed by atoms with Crippen LogP contribution < -0.4 is 10.1 Å². The normalized spacial score (nSPS) is 13.4. The molecule has 2 aromatic carbocycles. The van der Waals surface area contributed by atoms with Crippen LogP contribution in [0.15, 0.2) is 42.6 Å². The van der Waals surface area contributed by atoms with Crippen LogP contribution in [0.3, 0.4) is 0 Å². The van der Waals surface area contributed by atoms with Gasteiger partial charge in [-0.2, -0.15) is 5.10 Å². The molecule has 0 saturated heterocycles. The molecule has 0 unspecified atom stereocenters. The van der Waals surface area contributed by atoms with E-state index in [1.165, 1.54) is 5.69 Å². The van der Waals surface area contributed by atoms with E-state index in [1.807, 2.05) is 54.2 Å². The molecule has 27 heavy (non-hydrogen) atoms. The quantitative estimate of drug-likeness (QED) is 0.729. The molecule has 1 aliphatic rings. The van der Waals surface area contributed by atoms with E-state index >= 15 is 0 Å². The molecule has 140 valence electrons. The molecule has 0 radical (unpaired) electrons. The summed E-state index contributed by atoms with van der Waals surface area (Å²) in [6, 6.07) is 11.7. The van der Waals surface area contributed by atoms with Gasteiger partial charge < -0.3 is 14.8 Å². The average Bonchev–Trinajstić information content (AvgIpc) is 3.11. The summed E-state index contributed by atoms with van der Waals surface area (Å²) in [6.07, 6.45) is 2.72. The van der Waals surface area contributed by atoms with Gasteiger partial charge in [0.2, 0.25) is 0 Å². The van der Waals surface area contributed by atoms with Crippen molar-refractivity contribution in [2.45, 2.75) is 26.5 Å². The molecule has 6 heteroatoms. The molecule has 2 heterocycles. The van der Waals surface area contributed by atoms with Gasteiger partial charge in [0.15, 0.2) is 0 Å². The fourth-order valence-corrected chi connectivity index (χ4v) is 3.53. The molecule has 4 rings (SSSR count). The van der Waals surface area contributed by atoms with Crippen LogP contribution in [-0.2, 0) is 24.3 Å². The van der Waals surface area contributed by atoms with Crippen molar-refractivity contribution in [1.29, 1.82) is 0 Å². The second-order valence-corrected chi connectivity index (χ2v) is 6.49. The summed E-state index contributed by atoms with van der Waals surface area (Å²) in [5.41, 5.74) is 2.93. The van der Waals surface area contributed by atoms with Crippen LogP contribution in [0.4, 0.5) is 0 Å². The zero-order chi connectivity index (χ0) is 18.6. The first-order valence-electron chi connectivity index (χ1n) is 9.32. The maximum atomic E-state index is 12.9. The zero-order valence-electron chi connectivity index (χ0n) is 15.4. The molecule has 0 aliphatic carbocycles. The Morgan fingerprint density at radius 3 is 3.07 bits per heavy atom. The number of amides is 1. The van der Waals surface area contributed by atoms with Crippen molar-refractivity contribution in [3.8, 4) is 5.75 Å². The molecular weight excluding hydrogens is 342 g/mol. The van der Waals surface area contributed by atoms with E-state index in [2.05, 4.69) is 10.4 Å². The number of carbonyl (C=O) groups is 1. The molecule has 0 atom stereocenters. The van der Waals surface area contributed by atoms with Crippen molar-refractivity contribution in [2.24, 2.45) is 0 Å². The molecular formula is C21H23N3O3. The van der Waals surface area contributed by atoms with Crippen LogP contribution in [0.1, 0.15) is 28.5 Å². The van der Waals surface area contributed by atoms with E-state index in [1.54, 1.807) is 0 Å². The zero-order valence-corrected chi connectivity index (χ0v) is 15.4. The van der Waals surface area contributed by atoms with Gasteiger partial charge in [-0.3, -0.25) is 9.48 Å². The highest BCUT2D eigenvalue weighted by Crippen LogP contribution is 2.28. The molecule has 0 spiro atoms. The molecule has 0 saturated carbocycles. The number of carbonyl (C=O) groups excluding carboxylic acids is 1. The third-order valence-corrected chi connectivity index (χ3v) is 4.80. The summed E-state index contributed by atoms with van der Waals surface area (Å²) < 4.78 is 13.1. The SMILES string of the molecule is CCOc1ccc2ccccc2c1C(=O)NCCn1ncc2c1CCOC2. The summed E-state index contributed by atoms with van der Waals surface area (Å²) in [5, 5.41) is 9.37. The molecule has 1 aromatic heterocycles. The second-order valence-electron chi connectivity index (χ2n) is 6.49. The maximum absolute atomic E-state index is 12.9. The summed E-state index contributed by atoms with van der Waals surface area (Å²) >= 11 is 0. The van der Waals surface area contributed by atoms with Gasteiger partial charge in [0.05, 0.1) is 38.1 Å². The van der Waals surface area contributed by atoms with Crippen LogP contribution in [0.2, 0.25) is 0 Å². The number of hydrogen-bond acceptors (Lipinski definition) is 4. The van der Waals surface area contributed by atoms with Gasteiger partial charge in [0.25, 0.3) is 5.91 Å². The Kier molecular flexibility index (Phi) is 5.07. The van der Waals surface area contributed by atoms with Crippen molar-refractivity contribution in [1.82, 2.24) is 15.1 Å². The lowest BCUT2D eigenvalue weighted by Crippen LogP contribution is -2.29. The van der Waals surface area contributed by atoms with Crippen LogP contribution in [0.25, 0.3) is 10.8 Å². The third kappa shape index (κ3) is 3.53. The van der Waals surface area contributed by atoms with Crippen molar-refractivity contribution in [2.75, 3.05) is 19.8 Å². The summed E-state index contributed by atoms with van der Waals surface area (Å²) in [7, 11) is 0. The van der Waals surface area contributed by atoms with Gasteiger partial charge in [-0.15, -0.1) is 0 Å². The minimum absolute atomic E-state index is 0.125. The Labute approximate surface area is 158 Å². The van der Waals surface area contributed by atoms with E-state index in [-0.39, 0.29) is 5.91 Å². The van der Waals surface area contributed by atoms with Crippen LogP contribution in [-0.4, -0.2) is 35.4 Å². The standard InChI is InChI=1S/C21H23N3O3/c1-2-27-19-8-7-15-5-3-4-6-17(15)20(19)21(25)22-10-11-24-18-9-12-26-14-16(18)13-23-24/h3-8,13H,2,9-12,14H2,1H3,(H,22,25). The first-order valence-corrected chi connectivity index (χ1v) is 9.32. The lowest BCUT2D eigenvalue weighted by atomic mass is 10.0. The third-order valence-electron chi connectivity index (χ3n) is 4.80. The lowest BCUT2D eigenvalue weighted by molar-refractivity contribution is 0.0948. The second kappa shape index (κ2) is 7.80. The predicted molar refractivity (Wildman–Crippen MR) is 103 cm³/mol. The first kappa shape index (κ1) is 17.5. The number of rotatable bonds is 6. The highest BCUT2D eigenvalue weighted by atomic mass is 16.5. The number of ether oxygens (including phenoxy) is 2. The Hall–Kier alpha value is -2.86. The summed E-state index contributed by atoms with van der Waals surface area (Å²) in [5.74, 6) is 0.488. The van der Waals surface area contributed by atoms with Crippen LogP contribution in [0, 0.1) is 0 Å². The highest BCUT2D eigenvalue weighted by molar-refractivity contribution is 6.09. The number of fused-ring (bicyclic) bond motifs is 2. The number of nitrogens with zero attached hydrogens (tertiary/aromatic N) is 2. The minimum atomic E-state index is -0.125. The fourth-order valence-electron chi connectivity index (χ4n) is 3.53. The van der Waals surface area contributed by atoms with Gasteiger partial charge in [0, 0.05) is 24.2 Å². The van der Waals surface area contributed by atoms with Gasteiger partial charge in [-0.25, -0.2) is 0 Å². The molecule has 0 fully saturated rings. The smallest absolute Gasteiger partial charge is 0.255 e. The molecule has 0 bridgehead atoms. The van der Waals surface area contributed by atoms with Gasteiger partial charge in [-0.1, -0.05) is 30.3 Å². The molecule has 1 N–H and O–H groups in total. The van der Waals surface area contributed by atoms with Crippen molar-refractivity contribution < 1.29 is 14.3 Å². The predicted octanol–water partition coefficient (Wildman–Crippen LogP) is 2.94. The van der Waals surface area contributed by atoms with E-state index < -0.39 is 0 Å². The summed E-state index contributed by atoms with van der Waals surface area (Å²) in [4.78, 5) is 12.9. The van der Waals surface area contributed by atoms with E-state index in [0.29, 0.717) is 37.6 Å². The lowest BCUT2D eigenvalue weighted by Gasteiger charge is -2.16. The molecule has 3 aromatic rings. The Balaban J connectivity index is 1.51. The largest absolute Gasteiger partial charge is 0.493 e. The van der Waals surface area contributed by atoms with Crippen LogP contribution in [0.5, 0.6) is 5.75 Å². The topological polar surface area (TPSA) is 65.4 Å². The van der Waals surface area contributed by atoms with Gasteiger partial charge >= 0.3 is 0 Å². The van der Waals surface area contributed by atoms with Crippen molar-refractivity contribution in [3.05, 3.63) is 59.4 Å². The Morgan fingerprint density at radius 1 is 1.30 bits per heavy atom. The number of hydrogen-bond donors (Lipinski definition) is 1. The number of benzene rings is 2.